The number of esters is 1. The molecule has 1 aromatic heterocycles. The molecule has 0 saturated heterocycles. The summed E-state index contributed by atoms with van der Waals surface area (Å²) in [5.74, 6) is -0.379. The molecule has 1 heterocycles. The molecule has 110 valence electrons. The number of thiophene rings is 1. The zero-order chi connectivity index (χ0) is 14.8. The number of anilines is 1. The van der Waals surface area contributed by atoms with Crippen LogP contribution in [0, 0.1) is 12.3 Å². The van der Waals surface area contributed by atoms with Gasteiger partial charge in [0.05, 0.1) is 12.8 Å². The Bertz CT molecular complexity index is 515. The number of rotatable bonds is 3. The maximum Gasteiger partial charge on any atom is 0.350 e. The number of hydrogen-bond acceptors (Lipinski definition) is 4. The van der Waals surface area contributed by atoms with E-state index in [1.165, 1.54) is 24.9 Å². The smallest absolute Gasteiger partial charge is 0.350 e. The van der Waals surface area contributed by atoms with Gasteiger partial charge in [-0.25, -0.2) is 4.79 Å². The van der Waals surface area contributed by atoms with Crippen LogP contribution in [0.2, 0.25) is 0 Å². The number of hydrogen-bond donors (Lipinski definition) is 1. The lowest BCUT2D eigenvalue weighted by molar-refractivity contribution is -0.126. The van der Waals surface area contributed by atoms with Crippen molar-refractivity contribution in [2.45, 2.75) is 46.0 Å². The Kier molecular flexibility index (Phi) is 4.48. The number of carbonyl (C=O) groups excluding carboxylic acids is 2. The zero-order valence-corrected chi connectivity index (χ0v) is 13.1. The van der Waals surface area contributed by atoms with E-state index in [1.54, 1.807) is 0 Å². The van der Waals surface area contributed by atoms with Gasteiger partial charge in [0, 0.05) is 5.41 Å². The fraction of sp³-hybridized carbons (Fsp3) is 0.600. The molecule has 1 N–H and O–H groups in total. The lowest BCUT2D eigenvalue weighted by Gasteiger charge is -2.32. The van der Waals surface area contributed by atoms with E-state index in [-0.39, 0.29) is 11.3 Å². The van der Waals surface area contributed by atoms with Crippen molar-refractivity contribution in [2.75, 3.05) is 12.4 Å². The fourth-order valence-electron chi connectivity index (χ4n) is 2.67. The maximum absolute atomic E-state index is 12.5. The third-order valence-electron chi connectivity index (χ3n) is 4.09. The summed E-state index contributed by atoms with van der Waals surface area (Å²) in [6.45, 7) is 3.91. The number of aryl methyl sites for hydroxylation is 1. The molecule has 0 bridgehead atoms. The van der Waals surface area contributed by atoms with Gasteiger partial charge in [-0.15, -0.1) is 11.3 Å². The molecule has 5 heteroatoms. The van der Waals surface area contributed by atoms with Crippen molar-refractivity contribution >= 4 is 28.9 Å². The monoisotopic (exact) mass is 295 g/mol. The maximum atomic E-state index is 12.5. The third kappa shape index (κ3) is 2.87. The first-order valence-corrected chi connectivity index (χ1v) is 7.84. The van der Waals surface area contributed by atoms with Crippen LogP contribution in [-0.2, 0) is 9.53 Å². The Hall–Kier alpha value is -1.36. The summed E-state index contributed by atoms with van der Waals surface area (Å²) in [7, 11) is 1.35. The van der Waals surface area contributed by atoms with E-state index in [1.807, 2.05) is 19.2 Å². The summed E-state index contributed by atoms with van der Waals surface area (Å²) in [6.07, 6.45) is 5.21. The Balaban J connectivity index is 2.19. The summed E-state index contributed by atoms with van der Waals surface area (Å²) in [6, 6.07) is 0. The van der Waals surface area contributed by atoms with Gasteiger partial charge in [0.25, 0.3) is 0 Å². The number of ether oxygens (including phenoxy) is 1. The van der Waals surface area contributed by atoms with E-state index >= 15 is 0 Å². The van der Waals surface area contributed by atoms with Crippen LogP contribution in [0.4, 0.5) is 5.69 Å². The number of nitrogens with one attached hydrogen (secondary N) is 1. The quantitative estimate of drug-likeness (QED) is 0.864. The average Bonchev–Trinajstić information content (AvgIpc) is 2.80. The van der Waals surface area contributed by atoms with Gasteiger partial charge >= 0.3 is 5.97 Å². The summed E-state index contributed by atoms with van der Waals surface area (Å²) in [5, 5.41) is 4.82. The molecule has 1 aromatic rings. The van der Waals surface area contributed by atoms with E-state index in [2.05, 4.69) is 5.32 Å². The van der Waals surface area contributed by atoms with Crippen molar-refractivity contribution in [1.29, 1.82) is 0 Å². The largest absolute Gasteiger partial charge is 0.465 e. The van der Waals surface area contributed by atoms with Crippen LogP contribution in [0.25, 0.3) is 0 Å². The lowest BCUT2D eigenvalue weighted by atomic mass is 9.75. The summed E-state index contributed by atoms with van der Waals surface area (Å²) in [4.78, 5) is 24.7. The highest BCUT2D eigenvalue weighted by atomic mass is 32.1. The van der Waals surface area contributed by atoms with Gasteiger partial charge in [-0.2, -0.15) is 0 Å². The molecule has 4 nitrogen and oxygen atoms in total. The van der Waals surface area contributed by atoms with Gasteiger partial charge in [-0.1, -0.05) is 26.2 Å². The average molecular weight is 295 g/mol. The second-order valence-corrected chi connectivity index (χ2v) is 6.57. The number of amides is 1. The van der Waals surface area contributed by atoms with Gasteiger partial charge in [-0.05, 0) is 30.7 Å². The normalized spacial score (nSPS) is 17.6. The SMILES string of the molecule is COC(=O)c1scc(C)c1NC(=O)C1(C)CCCCC1. The van der Waals surface area contributed by atoms with Gasteiger partial charge in [0.15, 0.2) is 0 Å². The second-order valence-electron chi connectivity index (χ2n) is 5.69. The van der Waals surface area contributed by atoms with Crippen molar-refractivity contribution in [3.63, 3.8) is 0 Å². The molecule has 1 aliphatic carbocycles. The first-order valence-electron chi connectivity index (χ1n) is 6.96. The van der Waals surface area contributed by atoms with Gasteiger partial charge < -0.3 is 10.1 Å². The number of carbonyl (C=O) groups is 2. The third-order valence-corrected chi connectivity index (χ3v) is 5.17. The Morgan fingerprint density at radius 1 is 1.30 bits per heavy atom. The minimum atomic E-state index is -0.396. The highest BCUT2D eigenvalue weighted by molar-refractivity contribution is 7.12. The number of methoxy groups -OCH3 is 1. The Labute approximate surface area is 123 Å². The van der Waals surface area contributed by atoms with Gasteiger partial charge in [-0.3, -0.25) is 4.79 Å². The highest BCUT2D eigenvalue weighted by Crippen LogP contribution is 2.38. The van der Waals surface area contributed by atoms with E-state index in [4.69, 9.17) is 4.74 Å². The summed E-state index contributed by atoms with van der Waals surface area (Å²) < 4.78 is 4.76. The predicted octanol–water partition coefficient (Wildman–Crippen LogP) is 3.75. The van der Waals surface area contributed by atoms with Crippen molar-refractivity contribution in [2.24, 2.45) is 5.41 Å². The van der Waals surface area contributed by atoms with Crippen molar-refractivity contribution in [1.82, 2.24) is 0 Å². The molecular weight excluding hydrogens is 274 g/mol. The molecule has 1 fully saturated rings. The molecule has 0 unspecified atom stereocenters. The molecule has 2 rings (SSSR count). The van der Waals surface area contributed by atoms with Crippen molar-refractivity contribution in [3.8, 4) is 0 Å². The van der Waals surface area contributed by atoms with Crippen LogP contribution >= 0.6 is 11.3 Å². The van der Waals surface area contributed by atoms with Gasteiger partial charge in [0.1, 0.15) is 4.88 Å². The van der Waals surface area contributed by atoms with Crippen LogP contribution in [0.5, 0.6) is 0 Å². The van der Waals surface area contributed by atoms with Crippen molar-refractivity contribution < 1.29 is 14.3 Å². The molecule has 0 spiro atoms. The molecule has 20 heavy (non-hydrogen) atoms. The summed E-state index contributed by atoms with van der Waals surface area (Å²) >= 11 is 1.31. The molecule has 1 saturated carbocycles. The minimum absolute atomic E-state index is 0.0175. The van der Waals surface area contributed by atoms with E-state index < -0.39 is 5.97 Å². The standard InChI is InChI=1S/C15H21NO3S/c1-10-9-20-12(13(17)19-3)11(10)16-14(18)15(2)7-5-4-6-8-15/h9H,4-8H2,1-3H3,(H,16,18). The fourth-order valence-corrected chi connectivity index (χ4v) is 3.59. The van der Waals surface area contributed by atoms with Crippen LogP contribution < -0.4 is 5.32 Å². The van der Waals surface area contributed by atoms with Crippen molar-refractivity contribution in [3.05, 3.63) is 15.8 Å². The Morgan fingerprint density at radius 2 is 1.95 bits per heavy atom. The highest BCUT2D eigenvalue weighted by Gasteiger charge is 2.35. The minimum Gasteiger partial charge on any atom is -0.465 e. The van der Waals surface area contributed by atoms with Crippen LogP contribution in [0.3, 0.4) is 0 Å². The molecule has 0 aromatic carbocycles. The first-order chi connectivity index (χ1) is 9.48. The molecule has 1 aliphatic rings. The van der Waals surface area contributed by atoms with Crippen LogP contribution in [-0.4, -0.2) is 19.0 Å². The molecule has 1 amide bonds. The zero-order valence-electron chi connectivity index (χ0n) is 12.2. The van der Waals surface area contributed by atoms with E-state index in [0.717, 1.165) is 31.2 Å². The molecular formula is C15H21NO3S. The molecule has 0 atom stereocenters. The van der Waals surface area contributed by atoms with E-state index in [9.17, 15) is 9.59 Å². The Morgan fingerprint density at radius 3 is 2.55 bits per heavy atom. The second kappa shape index (κ2) is 5.95. The molecule has 0 radical (unpaired) electrons. The topological polar surface area (TPSA) is 55.4 Å². The molecule has 0 aliphatic heterocycles. The lowest BCUT2D eigenvalue weighted by Crippen LogP contribution is -2.35. The summed E-state index contributed by atoms with van der Waals surface area (Å²) in [5.41, 5.74) is 1.20. The van der Waals surface area contributed by atoms with E-state index in [0.29, 0.717) is 10.6 Å². The van der Waals surface area contributed by atoms with Crippen LogP contribution in [0.15, 0.2) is 5.38 Å². The van der Waals surface area contributed by atoms with Crippen LogP contribution in [0.1, 0.15) is 54.3 Å². The van der Waals surface area contributed by atoms with Gasteiger partial charge in [0.2, 0.25) is 5.91 Å². The first kappa shape index (κ1) is 15.0. The predicted molar refractivity (Wildman–Crippen MR) is 80.2 cm³/mol.